The van der Waals surface area contributed by atoms with Crippen molar-refractivity contribution in [2.24, 2.45) is 0 Å². The Morgan fingerprint density at radius 3 is 2.38 bits per heavy atom. The first-order valence-electron chi connectivity index (χ1n) is 7.63. The van der Waals surface area contributed by atoms with Gasteiger partial charge in [-0.25, -0.2) is 4.39 Å². The first kappa shape index (κ1) is 15.9. The van der Waals surface area contributed by atoms with Crippen LogP contribution in [0.5, 0.6) is 11.5 Å². The summed E-state index contributed by atoms with van der Waals surface area (Å²) in [5, 5.41) is 9.37. The van der Waals surface area contributed by atoms with Gasteiger partial charge in [-0.05, 0) is 29.8 Å². The Balaban J connectivity index is 1.85. The summed E-state index contributed by atoms with van der Waals surface area (Å²) in [4.78, 5) is 1.70. The maximum absolute atomic E-state index is 14.1. The first-order valence-corrected chi connectivity index (χ1v) is 7.63. The summed E-state index contributed by atoms with van der Waals surface area (Å²) >= 11 is 0. The van der Waals surface area contributed by atoms with E-state index in [0.717, 1.165) is 17.3 Å². The van der Waals surface area contributed by atoms with E-state index in [4.69, 9.17) is 4.74 Å². The summed E-state index contributed by atoms with van der Waals surface area (Å²) in [7, 11) is 1.76. The average molecular weight is 323 g/mol. The van der Waals surface area contributed by atoms with Gasteiger partial charge in [0.25, 0.3) is 0 Å². The molecule has 3 rings (SSSR count). The monoisotopic (exact) mass is 323 g/mol. The zero-order valence-electron chi connectivity index (χ0n) is 13.3. The Labute approximate surface area is 140 Å². The minimum absolute atomic E-state index is 0.0988. The van der Waals surface area contributed by atoms with Gasteiger partial charge in [-0.3, -0.25) is 0 Å². The van der Waals surface area contributed by atoms with E-state index in [1.807, 2.05) is 54.6 Å². The van der Waals surface area contributed by atoms with Crippen LogP contribution in [0.25, 0.3) is 0 Å². The molecule has 122 valence electrons. The molecular weight excluding hydrogens is 305 g/mol. The highest BCUT2D eigenvalue weighted by Crippen LogP contribution is 2.35. The van der Waals surface area contributed by atoms with Gasteiger partial charge in [-0.15, -0.1) is 0 Å². The first-order chi connectivity index (χ1) is 11.6. The lowest BCUT2D eigenvalue weighted by atomic mass is 10.2. The molecule has 0 saturated heterocycles. The zero-order chi connectivity index (χ0) is 16.9. The van der Waals surface area contributed by atoms with Crippen molar-refractivity contribution in [3.63, 3.8) is 0 Å². The number of phenolic OH excluding ortho intramolecular Hbond substituents is 1. The largest absolute Gasteiger partial charge is 0.508 e. The lowest BCUT2D eigenvalue weighted by molar-refractivity contribution is 0.307. The van der Waals surface area contributed by atoms with Crippen LogP contribution in [-0.4, -0.2) is 12.2 Å². The number of benzene rings is 3. The summed E-state index contributed by atoms with van der Waals surface area (Å²) in [5.41, 5.74) is 2.17. The number of hydrogen-bond acceptors (Lipinski definition) is 3. The van der Waals surface area contributed by atoms with Gasteiger partial charge in [0.2, 0.25) is 0 Å². The number of hydrogen-bond donors (Lipinski definition) is 1. The van der Waals surface area contributed by atoms with Gasteiger partial charge in [0.05, 0.1) is 11.4 Å². The molecule has 0 atom stereocenters. The highest BCUT2D eigenvalue weighted by Gasteiger charge is 2.14. The van der Waals surface area contributed by atoms with Crippen molar-refractivity contribution in [2.75, 3.05) is 11.9 Å². The van der Waals surface area contributed by atoms with Crippen molar-refractivity contribution < 1.29 is 14.2 Å². The Hall–Kier alpha value is -3.01. The minimum Gasteiger partial charge on any atom is -0.508 e. The number of nitrogens with zero attached hydrogens (tertiary/aromatic N) is 1. The fraction of sp³-hybridized carbons (Fsp3) is 0.100. The maximum Gasteiger partial charge on any atom is 0.150 e. The molecular formula is C20H18FNO2. The van der Waals surface area contributed by atoms with E-state index < -0.39 is 5.82 Å². The van der Waals surface area contributed by atoms with Gasteiger partial charge in [-0.2, -0.15) is 0 Å². The quantitative estimate of drug-likeness (QED) is 0.726. The second kappa shape index (κ2) is 7.04. The summed E-state index contributed by atoms with van der Waals surface area (Å²) in [5.74, 6) is 0.0740. The van der Waals surface area contributed by atoms with E-state index in [2.05, 4.69) is 0 Å². The predicted molar refractivity (Wildman–Crippen MR) is 93.3 cm³/mol. The fourth-order valence-electron chi connectivity index (χ4n) is 2.49. The molecule has 0 spiro atoms. The van der Waals surface area contributed by atoms with E-state index in [0.29, 0.717) is 18.0 Å². The molecule has 0 aromatic heterocycles. The van der Waals surface area contributed by atoms with Crippen LogP contribution in [0.4, 0.5) is 15.8 Å². The van der Waals surface area contributed by atoms with Gasteiger partial charge >= 0.3 is 0 Å². The molecule has 0 aliphatic rings. The fourth-order valence-corrected chi connectivity index (χ4v) is 2.49. The summed E-state index contributed by atoms with van der Waals surface area (Å²) in [6.45, 7) is 0.434. The minimum atomic E-state index is -0.490. The van der Waals surface area contributed by atoms with Gasteiger partial charge in [-0.1, -0.05) is 42.5 Å². The molecule has 3 aromatic rings. The van der Waals surface area contributed by atoms with Crippen molar-refractivity contribution in [1.29, 1.82) is 0 Å². The molecule has 0 unspecified atom stereocenters. The zero-order valence-corrected chi connectivity index (χ0v) is 13.3. The molecule has 3 aromatic carbocycles. The van der Waals surface area contributed by atoms with Crippen molar-refractivity contribution in [2.45, 2.75) is 6.61 Å². The molecule has 1 N–H and O–H groups in total. The molecule has 0 aliphatic carbocycles. The van der Waals surface area contributed by atoms with Crippen LogP contribution in [-0.2, 0) is 6.61 Å². The van der Waals surface area contributed by atoms with Crippen molar-refractivity contribution in [3.05, 3.63) is 84.2 Å². The molecule has 3 nitrogen and oxygen atoms in total. The molecule has 0 fully saturated rings. The number of phenols is 1. The summed E-state index contributed by atoms with van der Waals surface area (Å²) in [6.07, 6.45) is 0. The van der Waals surface area contributed by atoms with Crippen LogP contribution in [0.1, 0.15) is 5.56 Å². The molecule has 0 saturated carbocycles. The van der Waals surface area contributed by atoms with E-state index in [9.17, 15) is 9.50 Å². The van der Waals surface area contributed by atoms with Crippen LogP contribution >= 0.6 is 0 Å². The second-order valence-corrected chi connectivity index (χ2v) is 5.44. The summed E-state index contributed by atoms with van der Waals surface area (Å²) in [6, 6.07) is 21.4. The summed E-state index contributed by atoms with van der Waals surface area (Å²) < 4.78 is 20.0. The number of anilines is 2. The third-order valence-corrected chi connectivity index (χ3v) is 3.76. The number of halogens is 1. The highest BCUT2D eigenvalue weighted by molar-refractivity contribution is 5.69. The Kier molecular flexibility index (Phi) is 4.66. The molecule has 0 amide bonds. The van der Waals surface area contributed by atoms with E-state index in [1.165, 1.54) is 6.07 Å². The van der Waals surface area contributed by atoms with Crippen LogP contribution < -0.4 is 9.64 Å². The molecule has 4 heteroatoms. The van der Waals surface area contributed by atoms with Crippen LogP contribution in [0.3, 0.4) is 0 Å². The topological polar surface area (TPSA) is 32.7 Å². The normalized spacial score (nSPS) is 10.4. The number of aromatic hydroxyl groups is 1. The Morgan fingerprint density at radius 2 is 1.62 bits per heavy atom. The number of rotatable bonds is 5. The number of ether oxygens (including phenoxy) is 1. The standard InChI is InChI=1S/C20H18FNO2/c1-22(18-12-11-16(23)13-17(18)21)19-9-5-6-10-20(19)24-14-15-7-3-2-4-8-15/h2-13,23H,14H2,1H3. The molecule has 0 bridgehead atoms. The van der Waals surface area contributed by atoms with Crippen molar-refractivity contribution in [3.8, 4) is 11.5 Å². The van der Waals surface area contributed by atoms with Crippen molar-refractivity contribution in [1.82, 2.24) is 0 Å². The van der Waals surface area contributed by atoms with Gasteiger partial charge < -0.3 is 14.7 Å². The Bertz CT molecular complexity index is 821. The van der Waals surface area contributed by atoms with Crippen LogP contribution in [0, 0.1) is 5.82 Å². The molecule has 0 radical (unpaired) electrons. The maximum atomic E-state index is 14.1. The van der Waals surface area contributed by atoms with Crippen LogP contribution in [0.2, 0.25) is 0 Å². The van der Waals surface area contributed by atoms with Gasteiger partial charge in [0.1, 0.15) is 18.1 Å². The second-order valence-electron chi connectivity index (χ2n) is 5.44. The number of para-hydroxylation sites is 2. The van der Waals surface area contributed by atoms with Gasteiger partial charge in [0.15, 0.2) is 5.82 Å². The third kappa shape index (κ3) is 3.49. The SMILES string of the molecule is CN(c1ccc(O)cc1F)c1ccccc1OCc1ccccc1. The molecule has 24 heavy (non-hydrogen) atoms. The van der Waals surface area contributed by atoms with E-state index >= 15 is 0 Å². The van der Waals surface area contributed by atoms with Crippen LogP contribution in [0.15, 0.2) is 72.8 Å². The predicted octanol–water partition coefficient (Wildman–Crippen LogP) is 4.88. The molecule has 0 heterocycles. The van der Waals surface area contributed by atoms with Crippen molar-refractivity contribution >= 4 is 11.4 Å². The van der Waals surface area contributed by atoms with E-state index in [-0.39, 0.29) is 5.75 Å². The lowest BCUT2D eigenvalue weighted by Gasteiger charge is -2.23. The third-order valence-electron chi connectivity index (χ3n) is 3.76. The van der Waals surface area contributed by atoms with Gasteiger partial charge in [0, 0.05) is 13.1 Å². The molecule has 0 aliphatic heterocycles. The average Bonchev–Trinajstić information content (AvgIpc) is 2.60. The Morgan fingerprint density at radius 1 is 0.917 bits per heavy atom. The smallest absolute Gasteiger partial charge is 0.150 e. The highest BCUT2D eigenvalue weighted by atomic mass is 19.1. The van der Waals surface area contributed by atoms with E-state index in [1.54, 1.807) is 18.0 Å². The lowest BCUT2D eigenvalue weighted by Crippen LogP contribution is -2.12.